The van der Waals surface area contributed by atoms with Crippen molar-refractivity contribution >= 4 is 49.5 Å². The molecule has 2 bridgehead atoms. The van der Waals surface area contributed by atoms with Crippen molar-refractivity contribution in [1.29, 1.82) is 0 Å². The van der Waals surface area contributed by atoms with Crippen LogP contribution in [0.15, 0.2) is 24.2 Å². The van der Waals surface area contributed by atoms with E-state index in [1.807, 2.05) is 18.9 Å². The summed E-state index contributed by atoms with van der Waals surface area (Å²) >= 11 is 0. The Labute approximate surface area is 362 Å². The Bertz CT molecular complexity index is 2280. The van der Waals surface area contributed by atoms with Gasteiger partial charge in [0, 0.05) is 158 Å². The van der Waals surface area contributed by atoms with E-state index in [1.54, 1.807) is 7.11 Å². The van der Waals surface area contributed by atoms with Crippen LogP contribution < -0.4 is 0 Å². The van der Waals surface area contributed by atoms with Crippen LogP contribution in [-0.4, -0.2) is 51.4 Å². The topological polar surface area (TPSA) is 68.9 Å². The van der Waals surface area contributed by atoms with Crippen LogP contribution in [-0.2, 0) is 20.7 Å². The highest BCUT2D eigenvalue weighted by atomic mass is 16.6. The summed E-state index contributed by atoms with van der Waals surface area (Å²) in [6.45, 7) is 16.8. The standard InChI is InChI=1S/C36H41N3O4.69H2/c1-17(2)36-35(41,16-42-10)15-24(43-36)38-22-13-11-12-18(3)25(22)27-29-30(34(7,8)37(9)33(29)40)28-26-21(6)20(5)19(4)14-23(26)39(36)32(28)31(27)38;;;;;;;;;;;;;;;;;;;;;;;;;;;;;;;;;;;;;;;;;;;;;;;;;;;;;;;;;;;;;;;;;;;;;/h11-14,17,24,41H,15-16H2,1-10H3;69*1H/t24-,35+,36+;;;;;;;;;;;;;;;;;;;;;;;;;;;;;;;;;;;;;;;;;;;;;;;;;;;;;;;;;;;;;;;;;;;;;/m1...................................................................../s1/i14D;4*1+1D;;;;;;;;;;;;;;;;;;;;;;;;;;;;;;;;;;;;;;;;;;;;;;;;;;;;;;;;;;;;;;;;;. The van der Waals surface area contributed by atoms with Gasteiger partial charge in [0.25, 0.3) is 5.91 Å². The quantitative estimate of drug-likeness (QED) is 0.201. The Morgan fingerprint density at radius 2 is 1.84 bits per heavy atom. The first-order valence-corrected chi connectivity index (χ1v) is 15.4. The third kappa shape index (κ3) is 2.73. The zero-order valence-electron chi connectivity index (χ0n) is 35.8. The van der Waals surface area contributed by atoms with Crippen LogP contribution in [0.1, 0.15) is 184 Å². The predicted octanol–water partition coefficient (Wildman–Crippen LogP) is 24.0. The predicted molar refractivity (Wildman–Crippen MR) is 317 cm³/mol. The summed E-state index contributed by atoms with van der Waals surface area (Å²) < 4.78 is 67.2. The number of nitrogens with zero attached hydrogens (tertiary/aromatic N) is 3. The number of aliphatic hydroxyl groups is 1. The van der Waals surface area contributed by atoms with E-state index in [-0.39, 0.29) is 111 Å². The van der Waals surface area contributed by atoms with Gasteiger partial charge in [-0.15, -0.1) is 0 Å². The molecule has 5 aromatic rings. The van der Waals surface area contributed by atoms with Gasteiger partial charge in [-0.3, -0.25) is 4.79 Å². The van der Waals surface area contributed by atoms with Crippen molar-refractivity contribution in [3.8, 4) is 0 Å². The third-order valence-electron chi connectivity index (χ3n) is 11.4. The number of methoxy groups -OCH3 is 1. The highest BCUT2D eigenvalue weighted by Crippen LogP contribution is 2.62. The van der Waals surface area contributed by atoms with Gasteiger partial charge < -0.3 is 28.6 Å². The number of fused-ring (bicyclic) bond motifs is 13. The maximum absolute atomic E-state index is 14.5. The van der Waals surface area contributed by atoms with Crippen LogP contribution in [0.5, 0.6) is 0 Å². The van der Waals surface area contributed by atoms with Crippen LogP contribution in [0.25, 0.3) is 43.6 Å². The van der Waals surface area contributed by atoms with Gasteiger partial charge in [0.15, 0.2) is 5.72 Å². The largest absolute Gasteiger partial charge is 0.382 e. The molecule has 8 rings (SSSR count). The molecular weight excluding hydrogens is 538 g/mol. The summed E-state index contributed by atoms with van der Waals surface area (Å²) in [5.41, 5.74) is 6.18. The zero-order valence-corrected chi connectivity index (χ0v) is 26.8. The second-order valence-corrected chi connectivity index (χ2v) is 14.1. The lowest BCUT2D eigenvalue weighted by molar-refractivity contribution is -0.228. The minimum atomic E-state index is -1.40. The lowest BCUT2D eigenvalue weighted by atomic mass is 9.80. The van der Waals surface area contributed by atoms with Crippen LogP contribution in [0.2, 0.25) is 0 Å². The zero-order chi connectivity index (χ0) is 39.6. The first-order valence-electron chi connectivity index (χ1n) is 19.9. The fourth-order valence-corrected chi connectivity index (χ4v) is 9.10. The summed E-state index contributed by atoms with van der Waals surface area (Å²) in [5.74, 6) is -0.182. The molecular formula is C36H179N3O4. The Kier molecular flexibility index (Phi) is 4.13. The number of aryl methyl sites for hydroxylation is 2. The smallest absolute Gasteiger partial charge is 0.255 e. The molecule has 1 saturated heterocycles. The van der Waals surface area contributed by atoms with Crippen LogP contribution in [0.3, 0.4) is 0 Å². The summed E-state index contributed by atoms with van der Waals surface area (Å²) in [5, 5.41) is 16.8. The van der Waals surface area contributed by atoms with E-state index in [4.69, 9.17) is 21.4 Å². The normalized spacial score (nSPS) is 27.0. The van der Waals surface area contributed by atoms with E-state index in [0.717, 1.165) is 77.0 Å². The molecule has 7 nitrogen and oxygen atoms in total. The first kappa shape index (κ1) is 22.2. The molecule has 2 aromatic heterocycles. The fraction of sp³-hybridized carbons (Fsp3) is 0.472. The van der Waals surface area contributed by atoms with Gasteiger partial charge >= 0.3 is 0 Å². The maximum atomic E-state index is 14.5. The number of benzene rings is 3. The molecule has 0 radical (unpaired) electrons. The molecule has 0 saturated carbocycles. The summed E-state index contributed by atoms with van der Waals surface area (Å²) in [6, 6.07) is 6.69. The SMILES string of the molecule is [2H][2H].[2H][2H].[2H][2H].[2H][2H].[2H]c1c(C)c(C)c(C)c2c3c4c(c5c6c(C)cccc6n6c5c3n(c12)[C@@]1(C(C)C)O[C@@H]6C[C@]1(O)COC)C(=O)N(C)C4(C)C.[HH].[HH].[HH].[HH].[HH].[HH].[HH].[HH].[HH].[HH].[HH].[HH].[HH].[HH].[HH].[HH].[HH].[HH].[HH].[HH].[HH].[HH].[HH].[HH].[HH].[HH].[HH].[HH].[HH].[HH].[HH].[HH].[HH].[HH].[HH].[HH].[HH].[HH].[HH].[HH].[HH].[HH].[HH].[HH].[HH].[HH].[HH].[HH].[HH].[HH].[HH].[HH].[HH].[HH].[HH].[HH].[HH].[HH].[HH].[HH].[HH].[HH].[HH].[HH].[HH]. The van der Waals surface area contributed by atoms with E-state index < -0.39 is 23.1 Å². The van der Waals surface area contributed by atoms with Crippen LogP contribution in [0.4, 0.5) is 0 Å². The molecule has 3 aliphatic heterocycles. The molecule has 1 amide bonds. The molecule has 5 heterocycles. The fourth-order valence-electron chi connectivity index (χ4n) is 9.10. The molecule has 1 N–H and O–H groups in total. The second kappa shape index (κ2) is 8.00. The summed E-state index contributed by atoms with van der Waals surface area (Å²) in [4.78, 5) is 16.3. The van der Waals surface area contributed by atoms with E-state index >= 15 is 0 Å². The van der Waals surface area contributed by atoms with Crippen LogP contribution in [0, 0.1) is 33.6 Å². The molecule has 7 heteroatoms. The van der Waals surface area contributed by atoms with Gasteiger partial charge in [0.05, 0.1) is 41.1 Å². The molecule has 3 aromatic carbocycles. The number of carbonyl (C=O) groups excluding carboxylic acids is 1. The van der Waals surface area contributed by atoms with Gasteiger partial charge in [-0.1, -0.05) is 26.0 Å². The maximum Gasteiger partial charge on any atom is 0.255 e. The number of ether oxygens (including phenoxy) is 2. The second-order valence-electron chi connectivity index (χ2n) is 14.1. The average Bonchev–Trinajstić information content (AvgIpc) is 1.49. The van der Waals surface area contributed by atoms with Crippen molar-refractivity contribution in [2.24, 2.45) is 5.92 Å². The lowest BCUT2D eigenvalue weighted by Gasteiger charge is -2.45. The monoisotopic (exact) mass is 727 g/mol. The molecule has 1 fully saturated rings. The minimum Gasteiger partial charge on any atom is -0.382 e. The van der Waals surface area contributed by atoms with Crippen molar-refractivity contribution in [2.75, 3.05) is 20.8 Å². The van der Waals surface area contributed by atoms with E-state index in [2.05, 4.69) is 75.8 Å². The van der Waals surface area contributed by atoms with E-state index in [9.17, 15) is 11.3 Å². The van der Waals surface area contributed by atoms with Crippen molar-refractivity contribution in [1.82, 2.24) is 14.0 Å². The Hall–Kier alpha value is -3.39. The van der Waals surface area contributed by atoms with Crippen molar-refractivity contribution in [3.05, 3.63) is 57.6 Å². The minimum absolute atomic E-state index is 0. The van der Waals surface area contributed by atoms with E-state index in [0.29, 0.717) is 12.5 Å². The number of hydrogen-bond acceptors (Lipinski definition) is 4. The molecule has 3 aliphatic rings. The van der Waals surface area contributed by atoms with Crippen molar-refractivity contribution < 1.29 is 125 Å². The molecule has 0 unspecified atom stereocenters. The number of aromatic nitrogens is 2. The first-order chi connectivity index (χ1) is 24.7. The number of carbonyl (C=O) groups is 1. The van der Waals surface area contributed by atoms with Crippen LogP contribution >= 0.6 is 0 Å². The Morgan fingerprint density at radius 3 is 2.51 bits per heavy atom. The third-order valence-corrected chi connectivity index (χ3v) is 11.4. The van der Waals surface area contributed by atoms with Gasteiger partial charge in [0.1, 0.15) is 11.8 Å². The highest BCUT2D eigenvalue weighted by molar-refractivity contribution is 6.32. The average molecular weight is 728 g/mol. The number of rotatable bonds is 3. The summed E-state index contributed by atoms with van der Waals surface area (Å²) in [6.07, 6.45) is -0.209. The number of hydrogen-bond donors (Lipinski definition) is 1. The summed E-state index contributed by atoms with van der Waals surface area (Å²) in [7, 11) is 3.52. The van der Waals surface area contributed by atoms with Crippen molar-refractivity contribution in [2.45, 2.75) is 84.9 Å². The number of amides is 1. The van der Waals surface area contributed by atoms with Gasteiger partial charge in [0.2, 0.25) is 0 Å². The molecule has 43 heavy (non-hydrogen) atoms. The molecule has 3 atom stereocenters. The molecule has 0 aliphatic carbocycles. The molecule has 0 spiro atoms. The Balaban J connectivity index is -0.00000000672. The lowest BCUT2D eigenvalue weighted by Crippen LogP contribution is -2.58. The molecule has 362 valence electrons. The van der Waals surface area contributed by atoms with Crippen molar-refractivity contribution in [3.63, 3.8) is 0 Å². The van der Waals surface area contributed by atoms with Gasteiger partial charge in [-0.25, -0.2) is 0 Å². The van der Waals surface area contributed by atoms with Gasteiger partial charge in [-0.2, -0.15) is 0 Å². The van der Waals surface area contributed by atoms with E-state index in [1.165, 1.54) is 0 Å². The Morgan fingerprint density at radius 1 is 1.12 bits per heavy atom. The highest BCUT2D eigenvalue weighted by Gasteiger charge is 2.65. The van der Waals surface area contributed by atoms with Gasteiger partial charge in [-0.05, 0) is 75.9 Å².